The molecule has 2 aromatic rings. The number of hydrogen-bond donors (Lipinski definition) is 1. The number of hydrogen-bond acceptors (Lipinski definition) is 5. The van der Waals surface area contributed by atoms with E-state index < -0.39 is 11.9 Å². The van der Waals surface area contributed by atoms with E-state index in [9.17, 15) is 9.18 Å². The number of morpholine rings is 1. The van der Waals surface area contributed by atoms with Gasteiger partial charge in [0.15, 0.2) is 0 Å². The highest BCUT2D eigenvalue weighted by Gasteiger charge is 2.23. The van der Waals surface area contributed by atoms with E-state index in [1.165, 1.54) is 16.5 Å². The fourth-order valence-electron chi connectivity index (χ4n) is 2.77. The van der Waals surface area contributed by atoms with E-state index >= 15 is 0 Å². The SMILES string of the molecule is C=C[C@@H]1COCCN1c1cc(=O)n2cc(F)cc([C@@H](C)N)c2n1. The molecule has 23 heavy (non-hydrogen) atoms. The summed E-state index contributed by atoms with van der Waals surface area (Å²) in [5.74, 6) is 0.00787. The molecule has 1 fully saturated rings. The van der Waals surface area contributed by atoms with Gasteiger partial charge in [0.25, 0.3) is 5.56 Å². The highest BCUT2D eigenvalue weighted by atomic mass is 19.1. The van der Waals surface area contributed by atoms with Crippen LogP contribution in [0.3, 0.4) is 0 Å². The third-order valence-corrected chi connectivity index (χ3v) is 3.97. The maximum atomic E-state index is 13.7. The summed E-state index contributed by atoms with van der Waals surface area (Å²) in [5.41, 5.74) is 6.43. The fraction of sp³-hybridized carbons (Fsp3) is 0.375. The quantitative estimate of drug-likeness (QED) is 0.862. The minimum atomic E-state index is -0.517. The smallest absolute Gasteiger partial charge is 0.260 e. The van der Waals surface area contributed by atoms with Crippen molar-refractivity contribution in [2.24, 2.45) is 5.73 Å². The average molecular weight is 318 g/mol. The van der Waals surface area contributed by atoms with Crippen molar-refractivity contribution >= 4 is 11.5 Å². The number of nitrogens with two attached hydrogens (primary N) is 1. The van der Waals surface area contributed by atoms with Crippen LogP contribution >= 0.6 is 0 Å². The Bertz CT molecular complexity index is 803. The van der Waals surface area contributed by atoms with Gasteiger partial charge in [0, 0.05) is 30.4 Å². The van der Waals surface area contributed by atoms with E-state index in [-0.39, 0.29) is 11.6 Å². The zero-order valence-electron chi connectivity index (χ0n) is 12.9. The minimum Gasteiger partial charge on any atom is -0.377 e. The van der Waals surface area contributed by atoms with Gasteiger partial charge in [-0.2, -0.15) is 0 Å². The molecule has 1 aliphatic rings. The van der Waals surface area contributed by atoms with Crippen LogP contribution in [0.4, 0.5) is 10.2 Å². The number of nitrogens with zero attached hydrogens (tertiary/aromatic N) is 3. The van der Waals surface area contributed by atoms with E-state index in [1.54, 1.807) is 13.0 Å². The van der Waals surface area contributed by atoms with Crippen molar-refractivity contribution in [1.29, 1.82) is 0 Å². The summed E-state index contributed by atoms with van der Waals surface area (Å²) in [4.78, 5) is 18.9. The number of halogens is 1. The molecule has 2 N–H and O–H groups in total. The third kappa shape index (κ3) is 2.85. The topological polar surface area (TPSA) is 72.9 Å². The van der Waals surface area contributed by atoms with Gasteiger partial charge < -0.3 is 15.4 Å². The maximum Gasteiger partial charge on any atom is 0.260 e. The van der Waals surface area contributed by atoms with Crippen molar-refractivity contribution in [3.05, 3.63) is 52.7 Å². The Labute approximate surface area is 133 Å². The molecule has 7 heteroatoms. The third-order valence-electron chi connectivity index (χ3n) is 3.97. The highest BCUT2D eigenvalue weighted by molar-refractivity contribution is 5.55. The molecule has 0 amide bonds. The molecule has 2 aromatic heterocycles. The van der Waals surface area contributed by atoms with Gasteiger partial charge in [0.05, 0.1) is 19.3 Å². The Morgan fingerprint density at radius 3 is 3.04 bits per heavy atom. The second kappa shape index (κ2) is 6.10. The molecule has 122 valence electrons. The molecule has 3 rings (SSSR count). The van der Waals surface area contributed by atoms with Crippen LogP contribution in [-0.4, -0.2) is 35.2 Å². The lowest BCUT2D eigenvalue weighted by Crippen LogP contribution is -2.45. The summed E-state index contributed by atoms with van der Waals surface area (Å²) in [6.45, 7) is 7.18. The van der Waals surface area contributed by atoms with Crippen LogP contribution in [0.15, 0.2) is 35.8 Å². The summed E-state index contributed by atoms with van der Waals surface area (Å²) in [6, 6.07) is 2.22. The Morgan fingerprint density at radius 1 is 1.57 bits per heavy atom. The average Bonchev–Trinajstić information content (AvgIpc) is 2.54. The number of anilines is 1. The standard InChI is InChI=1S/C16H19FN4O2/c1-3-12-9-23-5-4-20(12)14-7-15(22)21-8-11(17)6-13(10(2)18)16(21)19-14/h3,6-8,10,12H,1,4-5,9,18H2,2H3/t10-,12-/m1/s1. The highest BCUT2D eigenvalue weighted by Crippen LogP contribution is 2.21. The van der Waals surface area contributed by atoms with E-state index in [4.69, 9.17) is 10.5 Å². The number of ether oxygens (including phenoxy) is 1. The van der Waals surface area contributed by atoms with E-state index in [0.717, 1.165) is 6.20 Å². The van der Waals surface area contributed by atoms with Crippen molar-refractivity contribution in [2.45, 2.75) is 19.0 Å². The molecular weight excluding hydrogens is 299 g/mol. The molecule has 6 nitrogen and oxygen atoms in total. The van der Waals surface area contributed by atoms with Crippen LogP contribution in [0.5, 0.6) is 0 Å². The van der Waals surface area contributed by atoms with Gasteiger partial charge in [0.1, 0.15) is 17.3 Å². The van der Waals surface area contributed by atoms with Crippen molar-refractivity contribution < 1.29 is 9.13 Å². The lowest BCUT2D eigenvalue weighted by molar-refractivity contribution is 0.105. The Kier molecular flexibility index (Phi) is 4.14. The summed E-state index contributed by atoms with van der Waals surface area (Å²) in [5, 5.41) is 0. The molecule has 0 spiro atoms. The van der Waals surface area contributed by atoms with Crippen LogP contribution in [0.1, 0.15) is 18.5 Å². The lowest BCUT2D eigenvalue weighted by atomic mass is 10.1. The van der Waals surface area contributed by atoms with Crippen LogP contribution in [0.2, 0.25) is 0 Å². The molecule has 0 bridgehead atoms. The zero-order chi connectivity index (χ0) is 16.6. The van der Waals surface area contributed by atoms with Gasteiger partial charge in [-0.05, 0) is 13.0 Å². The van der Waals surface area contributed by atoms with E-state index in [0.29, 0.717) is 36.8 Å². The van der Waals surface area contributed by atoms with Gasteiger partial charge in [-0.1, -0.05) is 6.08 Å². The van der Waals surface area contributed by atoms with Gasteiger partial charge >= 0.3 is 0 Å². The first-order valence-electron chi connectivity index (χ1n) is 7.46. The molecule has 1 aliphatic heterocycles. The minimum absolute atomic E-state index is 0.0581. The first-order chi connectivity index (χ1) is 11.0. The molecule has 0 unspecified atom stereocenters. The first kappa shape index (κ1) is 15.6. The molecule has 0 aromatic carbocycles. The maximum absolute atomic E-state index is 13.7. The van der Waals surface area contributed by atoms with Crippen LogP contribution in [0.25, 0.3) is 5.65 Å². The predicted molar refractivity (Wildman–Crippen MR) is 86.2 cm³/mol. The Morgan fingerprint density at radius 2 is 2.35 bits per heavy atom. The van der Waals surface area contributed by atoms with Gasteiger partial charge in [-0.3, -0.25) is 9.20 Å². The predicted octanol–water partition coefficient (Wildman–Crippen LogP) is 1.24. The van der Waals surface area contributed by atoms with Crippen molar-refractivity contribution in [1.82, 2.24) is 9.38 Å². The first-order valence-corrected chi connectivity index (χ1v) is 7.46. The van der Waals surface area contributed by atoms with Crippen LogP contribution in [-0.2, 0) is 4.74 Å². The van der Waals surface area contributed by atoms with Gasteiger partial charge in [-0.15, -0.1) is 6.58 Å². The molecule has 0 saturated carbocycles. The zero-order valence-corrected chi connectivity index (χ0v) is 12.9. The summed E-state index contributed by atoms with van der Waals surface area (Å²) < 4.78 is 20.3. The number of fused-ring (bicyclic) bond motifs is 1. The van der Waals surface area contributed by atoms with Crippen molar-refractivity contribution in [3.63, 3.8) is 0 Å². The van der Waals surface area contributed by atoms with Crippen LogP contribution < -0.4 is 16.2 Å². The van der Waals surface area contributed by atoms with Crippen molar-refractivity contribution in [3.8, 4) is 0 Å². The molecule has 1 saturated heterocycles. The summed E-state index contributed by atoms with van der Waals surface area (Å²) in [7, 11) is 0. The Hall–Kier alpha value is -2.25. The monoisotopic (exact) mass is 318 g/mol. The van der Waals surface area contributed by atoms with Gasteiger partial charge in [-0.25, -0.2) is 9.37 Å². The van der Waals surface area contributed by atoms with Gasteiger partial charge in [0.2, 0.25) is 0 Å². The normalized spacial score (nSPS) is 19.8. The Balaban J connectivity index is 2.20. The summed E-state index contributed by atoms with van der Waals surface area (Å²) in [6.07, 6.45) is 2.89. The lowest BCUT2D eigenvalue weighted by Gasteiger charge is -2.34. The number of rotatable bonds is 3. The number of aromatic nitrogens is 2. The fourth-order valence-corrected chi connectivity index (χ4v) is 2.77. The van der Waals surface area contributed by atoms with E-state index in [1.807, 2.05) is 4.90 Å². The molecular formula is C16H19FN4O2. The van der Waals surface area contributed by atoms with E-state index in [2.05, 4.69) is 11.6 Å². The second-order valence-electron chi connectivity index (χ2n) is 5.62. The largest absolute Gasteiger partial charge is 0.377 e. The van der Waals surface area contributed by atoms with Crippen molar-refractivity contribution in [2.75, 3.05) is 24.7 Å². The summed E-state index contributed by atoms with van der Waals surface area (Å²) >= 11 is 0. The molecule has 0 radical (unpaired) electrons. The van der Waals surface area contributed by atoms with Crippen LogP contribution in [0, 0.1) is 5.82 Å². The molecule has 3 heterocycles. The number of pyridine rings is 1. The molecule has 0 aliphatic carbocycles. The second-order valence-corrected chi connectivity index (χ2v) is 5.62. The molecule has 2 atom stereocenters.